The van der Waals surface area contributed by atoms with Crippen molar-refractivity contribution in [2.45, 2.75) is 44.6 Å². The van der Waals surface area contributed by atoms with Crippen LogP contribution in [0.3, 0.4) is 0 Å². The van der Waals surface area contributed by atoms with Gasteiger partial charge in [-0.25, -0.2) is 0 Å². The Bertz CT molecular complexity index is 872. The van der Waals surface area contributed by atoms with Crippen LogP contribution in [-0.2, 0) is 11.2 Å². The van der Waals surface area contributed by atoms with Crippen molar-refractivity contribution < 1.29 is 4.79 Å². The topological polar surface area (TPSA) is 30.0 Å². The number of piperazine rings is 1. The van der Waals surface area contributed by atoms with Crippen molar-refractivity contribution in [3.8, 4) is 0 Å². The molecule has 0 saturated carbocycles. The minimum absolute atomic E-state index is 0.0529. The summed E-state index contributed by atoms with van der Waals surface area (Å²) in [6.45, 7) is 10.6. The molecule has 0 bridgehead atoms. The van der Waals surface area contributed by atoms with Crippen molar-refractivity contribution in [2.75, 3.05) is 64.3 Å². The molecule has 0 aliphatic carbocycles. The number of benzene rings is 2. The van der Waals surface area contributed by atoms with Gasteiger partial charge in [-0.05, 0) is 63.5 Å². The molecule has 5 heteroatoms. The monoisotopic (exact) mass is 462 g/mol. The first kappa shape index (κ1) is 24.9. The molecule has 184 valence electrons. The third-order valence-electron chi connectivity index (χ3n) is 7.81. The summed E-state index contributed by atoms with van der Waals surface area (Å²) < 4.78 is 0. The first-order valence-corrected chi connectivity index (χ1v) is 13.1. The van der Waals surface area contributed by atoms with E-state index in [9.17, 15) is 4.79 Å². The summed E-state index contributed by atoms with van der Waals surface area (Å²) in [6, 6.07) is 21.1. The number of rotatable bonds is 9. The Hall–Kier alpha value is -2.21. The number of hydrogen-bond donors (Lipinski definition) is 0. The zero-order valence-corrected chi connectivity index (χ0v) is 21.2. The van der Waals surface area contributed by atoms with Gasteiger partial charge in [0.05, 0.1) is 0 Å². The highest BCUT2D eigenvalue weighted by atomic mass is 16.2. The van der Waals surface area contributed by atoms with Gasteiger partial charge in [-0.1, -0.05) is 55.5 Å². The van der Waals surface area contributed by atoms with E-state index in [-0.39, 0.29) is 11.4 Å². The van der Waals surface area contributed by atoms with E-state index in [1.807, 2.05) is 18.2 Å². The number of hydrogen-bond acceptors (Lipinski definition) is 4. The number of carbonyl (C=O) groups excluding carboxylic acids is 1. The molecule has 0 spiro atoms. The van der Waals surface area contributed by atoms with Crippen LogP contribution in [0.4, 0.5) is 5.69 Å². The van der Waals surface area contributed by atoms with Crippen molar-refractivity contribution >= 4 is 11.6 Å². The molecule has 2 aromatic carbocycles. The molecule has 2 heterocycles. The van der Waals surface area contributed by atoms with Crippen molar-refractivity contribution in [2.24, 2.45) is 0 Å². The lowest BCUT2D eigenvalue weighted by Gasteiger charge is -2.52. The molecule has 0 unspecified atom stereocenters. The maximum Gasteiger partial charge on any atom is 0.227 e. The Balaban J connectivity index is 1.46. The van der Waals surface area contributed by atoms with Crippen molar-refractivity contribution in [1.29, 1.82) is 0 Å². The predicted octanol–water partition coefficient (Wildman–Crippen LogP) is 4.14. The number of nitrogens with zero attached hydrogens (tertiary/aromatic N) is 4. The molecule has 0 radical (unpaired) electrons. The van der Waals surface area contributed by atoms with Crippen LogP contribution >= 0.6 is 0 Å². The van der Waals surface area contributed by atoms with Gasteiger partial charge in [0.15, 0.2) is 0 Å². The lowest BCUT2D eigenvalue weighted by molar-refractivity contribution is -0.119. The average molecular weight is 463 g/mol. The zero-order chi connectivity index (χ0) is 23.8. The third-order valence-corrected chi connectivity index (χ3v) is 7.81. The molecule has 0 atom stereocenters. The van der Waals surface area contributed by atoms with E-state index in [1.54, 1.807) is 0 Å². The van der Waals surface area contributed by atoms with Gasteiger partial charge >= 0.3 is 0 Å². The standard InChI is InChI=1S/C29H42N4O/c1-3-10-28(34)33(27-13-8-5-9-14-27)25-29(16-19-30(2)20-17-29)32-23-21-31(22-24-32)18-15-26-11-6-4-7-12-26/h4-9,11-14H,3,10,15-25H2,1-2H3. The number of para-hydroxylation sites is 1. The fraction of sp³-hybridized carbons (Fsp3) is 0.552. The molecule has 0 aromatic heterocycles. The molecule has 4 rings (SSSR count). The molecule has 2 aliphatic rings. The lowest BCUT2D eigenvalue weighted by atomic mass is 9.84. The van der Waals surface area contributed by atoms with Gasteiger partial charge in [0.2, 0.25) is 5.91 Å². The van der Waals surface area contributed by atoms with E-state index in [1.165, 1.54) is 5.56 Å². The Morgan fingerprint density at radius 2 is 1.50 bits per heavy atom. The highest BCUT2D eigenvalue weighted by Crippen LogP contribution is 2.33. The van der Waals surface area contributed by atoms with Crippen LogP contribution < -0.4 is 4.90 Å². The molecule has 2 aromatic rings. The van der Waals surface area contributed by atoms with Crippen LogP contribution in [0.5, 0.6) is 0 Å². The minimum Gasteiger partial charge on any atom is -0.311 e. The van der Waals surface area contributed by atoms with Gasteiger partial charge in [-0.2, -0.15) is 0 Å². The van der Waals surface area contributed by atoms with Crippen LogP contribution in [0.25, 0.3) is 0 Å². The number of likely N-dealkylation sites (tertiary alicyclic amines) is 1. The van der Waals surface area contributed by atoms with Crippen LogP contribution in [-0.4, -0.2) is 85.6 Å². The van der Waals surface area contributed by atoms with Crippen LogP contribution in [0.1, 0.15) is 38.2 Å². The molecular formula is C29H42N4O. The Morgan fingerprint density at radius 1 is 0.882 bits per heavy atom. The fourth-order valence-corrected chi connectivity index (χ4v) is 5.56. The fourth-order valence-electron chi connectivity index (χ4n) is 5.56. The Labute approximate surface area is 206 Å². The first-order chi connectivity index (χ1) is 16.6. The molecule has 34 heavy (non-hydrogen) atoms. The summed E-state index contributed by atoms with van der Waals surface area (Å²) in [5.74, 6) is 0.258. The smallest absolute Gasteiger partial charge is 0.227 e. The summed E-state index contributed by atoms with van der Waals surface area (Å²) in [5, 5.41) is 0. The maximum absolute atomic E-state index is 13.3. The molecule has 5 nitrogen and oxygen atoms in total. The van der Waals surface area contributed by atoms with E-state index >= 15 is 0 Å². The third kappa shape index (κ3) is 6.26. The quantitative estimate of drug-likeness (QED) is 0.560. The van der Waals surface area contributed by atoms with Gasteiger partial charge in [0, 0.05) is 56.9 Å². The Morgan fingerprint density at radius 3 is 2.12 bits per heavy atom. The molecular weight excluding hydrogens is 420 g/mol. The Kier molecular flexibility index (Phi) is 8.76. The van der Waals surface area contributed by atoms with Gasteiger partial charge in [-0.15, -0.1) is 0 Å². The van der Waals surface area contributed by atoms with Crippen molar-refractivity contribution in [1.82, 2.24) is 14.7 Å². The SMILES string of the molecule is CCCC(=O)N(CC1(N2CCN(CCc3ccccc3)CC2)CCN(C)CC1)c1ccccc1. The summed E-state index contributed by atoms with van der Waals surface area (Å²) in [7, 11) is 2.22. The summed E-state index contributed by atoms with van der Waals surface area (Å²) >= 11 is 0. The maximum atomic E-state index is 13.3. The average Bonchev–Trinajstić information content (AvgIpc) is 2.89. The normalized spacial score (nSPS) is 19.7. The second-order valence-corrected chi connectivity index (χ2v) is 10.2. The molecule has 2 saturated heterocycles. The number of amides is 1. The van der Waals surface area contributed by atoms with Gasteiger partial charge in [-0.3, -0.25) is 9.69 Å². The van der Waals surface area contributed by atoms with E-state index in [2.05, 4.69) is 76.0 Å². The molecule has 2 fully saturated rings. The van der Waals surface area contributed by atoms with Crippen LogP contribution in [0.2, 0.25) is 0 Å². The van der Waals surface area contributed by atoms with Crippen LogP contribution in [0, 0.1) is 0 Å². The number of anilines is 1. The van der Waals surface area contributed by atoms with Gasteiger partial charge < -0.3 is 14.7 Å². The summed E-state index contributed by atoms with van der Waals surface area (Å²) in [4.78, 5) is 23.1. The largest absolute Gasteiger partial charge is 0.311 e. The second-order valence-electron chi connectivity index (χ2n) is 10.2. The lowest BCUT2D eigenvalue weighted by Crippen LogP contribution is -2.65. The molecule has 2 aliphatic heterocycles. The second kappa shape index (κ2) is 12.0. The summed E-state index contributed by atoms with van der Waals surface area (Å²) in [6.07, 6.45) is 4.85. The highest BCUT2D eigenvalue weighted by Gasteiger charge is 2.42. The van der Waals surface area contributed by atoms with Crippen molar-refractivity contribution in [3.05, 3.63) is 66.2 Å². The van der Waals surface area contributed by atoms with Gasteiger partial charge in [0.1, 0.15) is 0 Å². The summed E-state index contributed by atoms with van der Waals surface area (Å²) in [5.41, 5.74) is 2.52. The van der Waals surface area contributed by atoms with Gasteiger partial charge in [0.25, 0.3) is 0 Å². The predicted molar refractivity (Wildman–Crippen MR) is 141 cm³/mol. The van der Waals surface area contributed by atoms with Crippen LogP contribution in [0.15, 0.2) is 60.7 Å². The number of carbonyl (C=O) groups is 1. The highest BCUT2D eigenvalue weighted by molar-refractivity contribution is 5.93. The van der Waals surface area contributed by atoms with Crippen molar-refractivity contribution in [3.63, 3.8) is 0 Å². The first-order valence-electron chi connectivity index (χ1n) is 13.1. The van der Waals surface area contributed by atoms with E-state index in [0.29, 0.717) is 6.42 Å². The van der Waals surface area contributed by atoms with E-state index in [4.69, 9.17) is 0 Å². The zero-order valence-electron chi connectivity index (χ0n) is 21.2. The molecule has 0 N–H and O–H groups in total. The minimum atomic E-state index is 0.0529. The molecule has 1 amide bonds. The van der Waals surface area contributed by atoms with E-state index in [0.717, 1.165) is 83.7 Å². The number of piperidine rings is 1. The van der Waals surface area contributed by atoms with E-state index < -0.39 is 0 Å².